The zero-order valence-corrected chi connectivity index (χ0v) is 10.0. The van der Waals surface area contributed by atoms with E-state index in [9.17, 15) is 0 Å². The van der Waals surface area contributed by atoms with Gasteiger partial charge >= 0.3 is 0 Å². The first-order chi connectivity index (χ1) is 7.17. The maximum absolute atomic E-state index is 5.38. The van der Waals surface area contributed by atoms with Gasteiger partial charge in [0.15, 0.2) is 0 Å². The number of nitrogens with zero attached hydrogens (tertiary/aromatic N) is 3. The lowest BCUT2D eigenvalue weighted by Crippen LogP contribution is -2.45. The first kappa shape index (κ1) is 12.3. The molecule has 1 rings (SSSR count). The second-order valence-electron chi connectivity index (χ2n) is 4.32. The van der Waals surface area contributed by atoms with E-state index < -0.39 is 0 Å². The number of nitrogens with two attached hydrogens (primary N) is 1. The van der Waals surface area contributed by atoms with E-state index in [-0.39, 0.29) is 0 Å². The van der Waals surface area contributed by atoms with Crippen molar-refractivity contribution in [2.24, 2.45) is 16.8 Å². The molecule has 88 valence electrons. The van der Waals surface area contributed by atoms with Crippen molar-refractivity contribution in [3.63, 3.8) is 0 Å². The number of aliphatic imine (C=N–C) groups is 1. The number of nitrogens with one attached hydrogen (secondary N) is 1. The maximum atomic E-state index is 5.38. The minimum atomic E-state index is 0.758. The highest BCUT2D eigenvalue weighted by molar-refractivity contribution is 5.78. The molecule has 0 bridgehead atoms. The predicted octanol–water partition coefficient (Wildman–Crippen LogP) is -0.291. The molecule has 0 aliphatic carbocycles. The summed E-state index contributed by atoms with van der Waals surface area (Å²) in [6.45, 7) is 3.44. The molecule has 0 aromatic heterocycles. The van der Waals surface area contributed by atoms with Crippen LogP contribution in [0.1, 0.15) is 12.8 Å². The van der Waals surface area contributed by atoms with Crippen LogP contribution in [0.25, 0.3) is 0 Å². The summed E-state index contributed by atoms with van der Waals surface area (Å²) in [5, 5.41) is 0. The van der Waals surface area contributed by atoms with Crippen molar-refractivity contribution in [1.82, 2.24) is 15.2 Å². The van der Waals surface area contributed by atoms with Crippen molar-refractivity contribution in [2.45, 2.75) is 12.8 Å². The number of hydrazine groups is 1. The average molecular weight is 213 g/mol. The van der Waals surface area contributed by atoms with Crippen LogP contribution in [0, 0.1) is 5.92 Å². The van der Waals surface area contributed by atoms with Crippen LogP contribution in [0.4, 0.5) is 0 Å². The first-order valence-corrected chi connectivity index (χ1v) is 5.50. The second kappa shape index (κ2) is 5.92. The van der Waals surface area contributed by atoms with Gasteiger partial charge in [0.25, 0.3) is 0 Å². The lowest BCUT2D eigenvalue weighted by Gasteiger charge is -2.32. The van der Waals surface area contributed by atoms with Gasteiger partial charge in [-0.05, 0) is 38.9 Å². The van der Waals surface area contributed by atoms with Crippen LogP contribution in [0.15, 0.2) is 4.99 Å². The second-order valence-corrected chi connectivity index (χ2v) is 4.32. The molecule has 0 saturated carbocycles. The topological polar surface area (TPSA) is 56.9 Å². The summed E-state index contributed by atoms with van der Waals surface area (Å²) in [6, 6.07) is 0. The molecular weight excluding hydrogens is 190 g/mol. The van der Waals surface area contributed by atoms with Gasteiger partial charge in [0.2, 0.25) is 5.96 Å². The molecular formula is C10H23N5. The van der Waals surface area contributed by atoms with Crippen molar-refractivity contribution in [3.05, 3.63) is 0 Å². The van der Waals surface area contributed by atoms with Gasteiger partial charge in [-0.25, -0.2) is 5.84 Å². The van der Waals surface area contributed by atoms with E-state index in [2.05, 4.69) is 27.3 Å². The number of piperidine rings is 1. The van der Waals surface area contributed by atoms with E-state index in [1.165, 1.54) is 25.9 Å². The third kappa shape index (κ3) is 3.68. The van der Waals surface area contributed by atoms with Crippen LogP contribution in [0.5, 0.6) is 0 Å². The Labute approximate surface area is 92.3 Å². The molecule has 0 aromatic carbocycles. The van der Waals surface area contributed by atoms with Gasteiger partial charge in [-0.3, -0.25) is 10.4 Å². The van der Waals surface area contributed by atoms with Crippen LogP contribution in [0.2, 0.25) is 0 Å². The van der Waals surface area contributed by atoms with Gasteiger partial charge in [0, 0.05) is 20.6 Å². The Bertz CT molecular complexity index is 208. The van der Waals surface area contributed by atoms with Crippen molar-refractivity contribution < 1.29 is 0 Å². The molecule has 5 heteroatoms. The van der Waals surface area contributed by atoms with E-state index >= 15 is 0 Å². The smallest absolute Gasteiger partial charge is 0.207 e. The summed E-state index contributed by atoms with van der Waals surface area (Å²) >= 11 is 0. The van der Waals surface area contributed by atoms with E-state index in [1.54, 1.807) is 7.05 Å². The Kier molecular flexibility index (Phi) is 4.84. The minimum absolute atomic E-state index is 0.758. The zero-order valence-electron chi connectivity index (χ0n) is 10.0. The first-order valence-electron chi connectivity index (χ1n) is 5.50. The van der Waals surface area contributed by atoms with Crippen molar-refractivity contribution >= 4 is 5.96 Å². The fourth-order valence-corrected chi connectivity index (χ4v) is 2.06. The summed E-state index contributed by atoms with van der Waals surface area (Å²) in [7, 11) is 5.96. The summed E-state index contributed by atoms with van der Waals surface area (Å²) in [6.07, 6.45) is 2.53. The SMILES string of the molecule is CN=C(NN)N(C)CC1CCN(C)CC1. The highest BCUT2D eigenvalue weighted by Gasteiger charge is 2.18. The van der Waals surface area contributed by atoms with Crippen LogP contribution in [0.3, 0.4) is 0 Å². The number of hydrogen-bond acceptors (Lipinski definition) is 3. The fourth-order valence-electron chi connectivity index (χ4n) is 2.06. The van der Waals surface area contributed by atoms with Gasteiger partial charge in [0.1, 0.15) is 0 Å². The Balaban J connectivity index is 2.35. The molecule has 0 radical (unpaired) electrons. The Morgan fingerprint density at radius 1 is 1.53 bits per heavy atom. The van der Waals surface area contributed by atoms with Crippen LogP contribution >= 0.6 is 0 Å². The molecule has 0 aromatic rings. The quantitative estimate of drug-likeness (QED) is 0.286. The lowest BCUT2D eigenvalue weighted by molar-refractivity contribution is 0.199. The van der Waals surface area contributed by atoms with Crippen LogP contribution < -0.4 is 11.3 Å². The van der Waals surface area contributed by atoms with Gasteiger partial charge in [0.05, 0.1) is 0 Å². The summed E-state index contributed by atoms with van der Waals surface area (Å²) in [5.41, 5.74) is 2.62. The maximum Gasteiger partial charge on any atom is 0.207 e. The zero-order chi connectivity index (χ0) is 11.3. The van der Waals surface area contributed by atoms with E-state index in [1.807, 2.05) is 7.05 Å². The fraction of sp³-hybridized carbons (Fsp3) is 0.900. The van der Waals surface area contributed by atoms with Gasteiger partial charge < -0.3 is 9.80 Å². The monoisotopic (exact) mass is 213 g/mol. The molecule has 1 aliphatic rings. The molecule has 0 amide bonds. The molecule has 1 heterocycles. The normalized spacial score (nSPS) is 20.4. The van der Waals surface area contributed by atoms with E-state index in [4.69, 9.17) is 5.84 Å². The third-order valence-electron chi connectivity index (χ3n) is 3.07. The molecule has 0 spiro atoms. The summed E-state index contributed by atoms with van der Waals surface area (Å²) < 4.78 is 0. The van der Waals surface area contributed by atoms with Crippen LogP contribution in [-0.4, -0.2) is 56.5 Å². The lowest BCUT2D eigenvalue weighted by atomic mass is 9.97. The Hall–Kier alpha value is -0.810. The molecule has 1 saturated heterocycles. The predicted molar refractivity (Wildman–Crippen MR) is 63.5 cm³/mol. The molecule has 1 fully saturated rings. The molecule has 3 N–H and O–H groups in total. The van der Waals surface area contributed by atoms with Crippen molar-refractivity contribution in [2.75, 3.05) is 40.8 Å². The minimum Gasteiger partial charge on any atom is -0.345 e. The highest BCUT2D eigenvalue weighted by Crippen LogP contribution is 2.16. The van der Waals surface area contributed by atoms with E-state index in [0.717, 1.165) is 18.4 Å². The molecule has 15 heavy (non-hydrogen) atoms. The molecule has 1 aliphatic heterocycles. The third-order valence-corrected chi connectivity index (χ3v) is 3.07. The molecule has 5 nitrogen and oxygen atoms in total. The summed E-state index contributed by atoms with van der Waals surface area (Å²) in [4.78, 5) is 8.56. The highest BCUT2D eigenvalue weighted by atomic mass is 15.4. The molecule has 0 unspecified atom stereocenters. The summed E-state index contributed by atoms with van der Waals surface area (Å²) in [5.74, 6) is 6.90. The van der Waals surface area contributed by atoms with Crippen molar-refractivity contribution in [3.8, 4) is 0 Å². The largest absolute Gasteiger partial charge is 0.345 e. The number of hydrogen-bond donors (Lipinski definition) is 2. The standard InChI is InChI=1S/C10H23N5/c1-12-10(13-11)15(3)8-9-4-6-14(2)7-5-9/h9H,4-8,11H2,1-3H3,(H,12,13). The van der Waals surface area contributed by atoms with Crippen molar-refractivity contribution in [1.29, 1.82) is 0 Å². The van der Waals surface area contributed by atoms with Gasteiger partial charge in [-0.1, -0.05) is 0 Å². The number of rotatable bonds is 2. The number of guanidine groups is 1. The Morgan fingerprint density at radius 2 is 2.13 bits per heavy atom. The van der Waals surface area contributed by atoms with E-state index in [0.29, 0.717) is 0 Å². The Morgan fingerprint density at radius 3 is 2.60 bits per heavy atom. The number of likely N-dealkylation sites (tertiary alicyclic amines) is 1. The van der Waals surface area contributed by atoms with Crippen LogP contribution in [-0.2, 0) is 0 Å². The van der Waals surface area contributed by atoms with Gasteiger partial charge in [-0.2, -0.15) is 0 Å². The van der Waals surface area contributed by atoms with Gasteiger partial charge in [-0.15, -0.1) is 0 Å². The molecule has 0 atom stereocenters. The average Bonchev–Trinajstić information content (AvgIpc) is 2.23.